The zero-order chi connectivity index (χ0) is 17.7. The summed E-state index contributed by atoms with van der Waals surface area (Å²) in [7, 11) is 0. The van der Waals surface area contributed by atoms with E-state index in [1.165, 1.54) is 44.9 Å². The van der Waals surface area contributed by atoms with Crippen molar-refractivity contribution in [2.45, 2.75) is 84.0 Å². The zero-order valence-electron chi connectivity index (χ0n) is 15.3. The fourth-order valence-electron chi connectivity index (χ4n) is 2.96. The molecule has 1 aromatic rings. The van der Waals surface area contributed by atoms with Crippen LogP contribution in [0.25, 0.3) is 5.70 Å². The molecule has 1 aliphatic rings. The minimum absolute atomic E-state index is 0.150. The Morgan fingerprint density at radius 3 is 2.52 bits per heavy atom. The highest BCUT2D eigenvalue weighted by Gasteiger charge is 2.12. The van der Waals surface area contributed by atoms with Crippen LogP contribution in [0.5, 0.6) is 0 Å². The smallest absolute Gasteiger partial charge is 0.311 e. The lowest BCUT2D eigenvalue weighted by Crippen LogP contribution is -2.07. The molecule has 6 heteroatoms. The van der Waals surface area contributed by atoms with E-state index in [0.717, 1.165) is 31.4 Å². The lowest BCUT2D eigenvalue weighted by atomic mass is 10.1. The Morgan fingerprint density at radius 1 is 1.12 bits per heavy atom. The second-order valence-corrected chi connectivity index (χ2v) is 6.59. The van der Waals surface area contributed by atoms with Crippen LogP contribution in [0.1, 0.15) is 84.0 Å². The first-order chi connectivity index (χ1) is 12.3. The van der Waals surface area contributed by atoms with Gasteiger partial charge in [-0.15, -0.1) is 5.10 Å². The lowest BCUT2D eigenvalue weighted by molar-refractivity contribution is -0.139. The van der Waals surface area contributed by atoms with Crippen molar-refractivity contribution in [2.75, 3.05) is 0 Å². The van der Waals surface area contributed by atoms with Crippen molar-refractivity contribution < 1.29 is 9.53 Å². The van der Waals surface area contributed by atoms with Gasteiger partial charge in [-0.1, -0.05) is 58.3 Å². The number of tetrazole rings is 1. The van der Waals surface area contributed by atoms with Gasteiger partial charge < -0.3 is 4.74 Å². The number of hydrogen-bond donors (Lipinski definition) is 0. The molecule has 25 heavy (non-hydrogen) atoms. The molecule has 0 spiro atoms. The maximum atomic E-state index is 12.0. The van der Waals surface area contributed by atoms with Gasteiger partial charge >= 0.3 is 5.97 Å². The molecule has 6 nitrogen and oxygen atoms in total. The van der Waals surface area contributed by atoms with E-state index in [1.807, 2.05) is 12.2 Å². The first-order valence-corrected chi connectivity index (χ1v) is 9.64. The van der Waals surface area contributed by atoms with Gasteiger partial charge in [-0.2, -0.15) is 0 Å². The Kier molecular flexibility index (Phi) is 8.94. The fourth-order valence-corrected chi connectivity index (χ4v) is 2.96. The third-order valence-electron chi connectivity index (χ3n) is 4.41. The summed E-state index contributed by atoms with van der Waals surface area (Å²) in [4.78, 5) is 12.0. The molecule has 0 radical (unpaired) electrons. The maximum Gasteiger partial charge on any atom is 0.311 e. The van der Waals surface area contributed by atoms with Gasteiger partial charge in [0.15, 0.2) is 0 Å². The molecule has 0 bridgehead atoms. The third-order valence-corrected chi connectivity index (χ3v) is 4.41. The van der Waals surface area contributed by atoms with Crippen LogP contribution in [-0.2, 0) is 9.53 Å². The molecule has 0 aromatic carbocycles. The van der Waals surface area contributed by atoms with Gasteiger partial charge in [-0.3, -0.25) is 4.79 Å². The molecule has 2 rings (SSSR count). The SMILES string of the molecule is CCCCCCCCCCCC(=O)OC1=CCCC(n2cnnn2)=C1. The molecule has 0 N–H and O–H groups in total. The number of ether oxygens (including phenoxy) is 1. The predicted molar refractivity (Wildman–Crippen MR) is 97.3 cm³/mol. The van der Waals surface area contributed by atoms with Crippen LogP contribution in [0, 0.1) is 0 Å². The summed E-state index contributed by atoms with van der Waals surface area (Å²) in [6.45, 7) is 2.24. The molecule has 0 fully saturated rings. The maximum absolute atomic E-state index is 12.0. The van der Waals surface area contributed by atoms with Gasteiger partial charge in [-0.25, -0.2) is 4.68 Å². The van der Waals surface area contributed by atoms with Gasteiger partial charge in [0.1, 0.15) is 12.1 Å². The molecule has 1 heterocycles. The van der Waals surface area contributed by atoms with E-state index in [4.69, 9.17) is 4.74 Å². The molecule has 0 amide bonds. The molecule has 0 saturated heterocycles. The van der Waals surface area contributed by atoms with E-state index >= 15 is 0 Å². The van der Waals surface area contributed by atoms with Crippen molar-refractivity contribution in [3.63, 3.8) is 0 Å². The number of aromatic nitrogens is 4. The number of nitrogens with zero attached hydrogens (tertiary/aromatic N) is 4. The topological polar surface area (TPSA) is 69.9 Å². The van der Waals surface area contributed by atoms with Gasteiger partial charge in [0.25, 0.3) is 0 Å². The summed E-state index contributed by atoms with van der Waals surface area (Å²) in [5, 5.41) is 11.1. The minimum atomic E-state index is -0.150. The Balaban J connectivity index is 1.57. The summed E-state index contributed by atoms with van der Waals surface area (Å²) in [6, 6.07) is 0. The van der Waals surface area contributed by atoms with E-state index in [-0.39, 0.29) is 5.97 Å². The van der Waals surface area contributed by atoms with Crippen molar-refractivity contribution in [3.8, 4) is 0 Å². The molecular weight excluding hydrogens is 316 g/mol. The number of esters is 1. The molecule has 0 aliphatic heterocycles. The average Bonchev–Trinajstić information content (AvgIpc) is 3.15. The molecule has 138 valence electrons. The number of carbonyl (C=O) groups excluding carboxylic acids is 1. The Morgan fingerprint density at radius 2 is 1.84 bits per heavy atom. The normalized spacial score (nSPS) is 14.1. The summed E-state index contributed by atoms with van der Waals surface area (Å²) in [5.41, 5.74) is 0.943. The summed E-state index contributed by atoms with van der Waals surface area (Å²) >= 11 is 0. The highest BCUT2D eigenvalue weighted by molar-refractivity contribution is 5.71. The van der Waals surface area contributed by atoms with Crippen molar-refractivity contribution in [2.24, 2.45) is 0 Å². The summed E-state index contributed by atoms with van der Waals surface area (Å²) in [6.07, 6.45) is 18.7. The Bertz CT molecular complexity index is 564. The Hall–Kier alpha value is -1.98. The van der Waals surface area contributed by atoms with E-state index in [1.54, 1.807) is 11.0 Å². The first-order valence-electron chi connectivity index (χ1n) is 9.64. The number of rotatable bonds is 12. The summed E-state index contributed by atoms with van der Waals surface area (Å²) in [5.74, 6) is 0.459. The fraction of sp³-hybridized carbons (Fsp3) is 0.684. The highest BCUT2D eigenvalue weighted by Crippen LogP contribution is 2.21. The van der Waals surface area contributed by atoms with Gasteiger partial charge in [0, 0.05) is 18.2 Å². The monoisotopic (exact) mass is 346 g/mol. The van der Waals surface area contributed by atoms with Gasteiger partial charge in [0.05, 0.1) is 0 Å². The largest absolute Gasteiger partial charge is 0.427 e. The second-order valence-electron chi connectivity index (χ2n) is 6.59. The molecule has 1 aliphatic carbocycles. The van der Waals surface area contributed by atoms with Gasteiger partial charge in [-0.05, 0) is 35.8 Å². The minimum Gasteiger partial charge on any atom is -0.427 e. The van der Waals surface area contributed by atoms with Crippen LogP contribution >= 0.6 is 0 Å². The van der Waals surface area contributed by atoms with E-state index in [2.05, 4.69) is 22.4 Å². The van der Waals surface area contributed by atoms with E-state index in [0.29, 0.717) is 12.2 Å². The number of carbonyl (C=O) groups is 1. The molecule has 0 atom stereocenters. The van der Waals surface area contributed by atoms with Crippen LogP contribution in [0.15, 0.2) is 24.2 Å². The molecule has 0 unspecified atom stereocenters. The van der Waals surface area contributed by atoms with Crippen LogP contribution in [0.2, 0.25) is 0 Å². The van der Waals surface area contributed by atoms with Gasteiger partial charge in [0.2, 0.25) is 0 Å². The van der Waals surface area contributed by atoms with Crippen molar-refractivity contribution in [3.05, 3.63) is 24.2 Å². The number of unbranched alkanes of at least 4 members (excludes halogenated alkanes) is 8. The standard InChI is InChI=1S/C19H30N4O2/c1-2-3-4-5-6-7-8-9-10-14-19(24)25-18-13-11-12-17(15-18)23-16-20-21-22-23/h13,15-16H,2-12,14H2,1H3. The van der Waals surface area contributed by atoms with Crippen LogP contribution in [0.3, 0.4) is 0 Å². The quantitative estimate of drug-likeness (QED) is 0.407. The Labute approximate surface area is 150 Å². The van der Waals surface area contributed by atoms with Crippen molar-refractivity contribution in [1.29, 1.82) is 0 Å². The summed E-state index contributed by atoms with van der Waals surface area (Å²) < 4.78 is 7.07. The highest BCUT2D eigenvalue weighted by atomic mass is 16.5. The van der Waals surface area contributed by atoms with Crippen LogP contribution in [-0.4, -0.2) is 26.2 Å². The van der Waals surface area contributed by atoms with Crippen LogP contribution < -0.4 is 0 Å². The number of hydrogen-bond acceptors (Lipinski definition) is 5. The zero-order valence-corrected chi connectivity index (χ0v) is 15.3. The second kappa shape index (κ2) is 11.6. The van der Waals surface area contributed by atoms with Crippen molar-refractivity contribution >= 4 is 11.7 Å². The number of allylic oxidation sites excluding steroid dienone is 3. The molecule has 1 aromatic heterocycles. The van der Waals surface area contributed by atoms with E-state index in [9.17, 15) is 4.79 Å². The lowest BCUT2D eigenvalue weighted by Gasteiger charge is -2.13. The molecular formula is C19H30N4O2. The average molecular weight is 346 g/mol. The van der Waals surface area contributed by atoms with Crippen LogP contribution in [0.4, 0.5) is 0 Å². The van der Waals surface area contributed by atoms with E-state index < -0.39 is 0 Å². The third kappa shape index (κ3) is 7.63. The molecule has 0 saturated carbocycles. The van der Waals surface area contributed by atoms with Crippen molar-refractivity contribution in [1.82, 2.24) is 20.2 Å². The predicted octanol–water partition coefficient (Wildman–Crippen LogP) is 4.66. The first kappa shape index (κ1) is 19.3.